The summed E-state index contributed by atoms with van der Waals surface area (Å²) in [7, 11) is 1.65. The molecule has 0 bridgehead atoms. The highest BCUT2D eigenvalue weighted by atomic mass is 32.1. The molecule has 1 aliphatic carbocycles. The molecule has 1 aromatic heterocycles. The number of nitrogens with one attached hydrogen (secondary N) is 1. The molecule has 0 saturated heterocycles. The summed E-state index contributed by atoms with van der Waals surface area (Å²) in [6.07, 6.45) is 2.53. The van der Waals surface area contributed by atoms with Crippen LogP contribution in [0, 0.1) is 11.7 Å². The predicted molar refractivity (Wildman–Crippen MR) is 119 cm³/mol. The molecule has 0 unspecified atom stereocenters. The van der Waals surface area contributed by atoms with E-state index in [9.17, 15) is 4.79 Å². The number of nitrogens with zero attached hydrogens (tertiary/aromatic N) is 3. The molecule has 2 aromatic carbocycles. The molecule has 4 rings (SSSR count). The molecular formula is C23H26N4O2S. The van der Waals surface area contributed by atoms with Crippen molar-refractivity contribution in [3.05, 3.63) is 64.4 Å². The van der Waals surface area contributed by atoms with Gasteiger partial charge in [0.2, 0.25) is 5.91 Å². The molecule has 1 amide bonds. The highest BCUT2D eigenvalue weighted by molar-refractivity contribution is 7.71. The molecular weight excluding hydrogens is 396 g/mol. The van der Waals surface area contributed by atoms with Gasteiger partial charge in [-0.15, -0.1) is 0 Å². The van der Waals surface area contributed by atoms with E-state index < -0.39 is 0 Å². The van der Waals surface area contributed by atoms with Crippen LogP contribution in [0.1, 0.15) is 30.4 Å². The number of benzene rings is 2. The van der Waals surface area contributed by atoms with Crippen LogP contribution >= 0.6 is 12.2 Å². The number of carbonyl (C=O) groups is 1. The number of hydrogen-bond donors (Lipinski definition) is 1. The third kappa shape index (κ3) is 4.62. The maximum Gasteiger partial charge on any atom is 0.224 e. The summed E-state index contributed by atoms with van der Waals surface area (Å²) in [6.45, 7) is 3.17. The molecule has 1 fully saturated rings. The van der Waals surface area contributed by atoms with Crippen molar-refractivity contribution in [1.82, 2.24) is 19.7 Å². The van der Waals surface area contributed by atoms with Gasteiger partial charge >= 0.3 is 0 Å². The van der Waals surface area contributed by atoms with Gasteiger partial charge in [0, 0.05) is 31.1 Å². The van der Waals surface area contributed by atoms with E-state index >= 15 is 0 Å². The lowest BCUT2D eigenvalue weighted by molar-refractivity contribution is -0.132. The summed E-state index contributed by atoms with van der Waals surface area (Å²) in [6, 6.07) is 16.4. The molecule has 3 aromatic rings. The number of rotatable bonds is 8. The van der Waals surface area contributed by atoms with Crippen LogP contribution in [-0.2, 0) is 17.9 Å². The fourth-order valence-electron chi connectivity index (χ4n) is 3.62. The van der Waals surface area contributed by atoms with Crippen molar-refractivity contribution in [3.8, 4) is 17.1 Å². The molecule has 1 aliphatic rings. The van der Waals surface area contributed by atoms with Crippen LogP contribution in [0.25, 0.3) is 11.4 Å². The van der Waals surface area contributed by atoms with Gasteiger partial charge in [0.25, 0.3) is 0 Å². The molecule has 0 atom stereocenters. The molecule has 156 valence electrons. The van der Waals surface area contributed by atoms with Crippen LogP contribution in [0.2, 0.25) is 0 Å². The van der Waals surface area contributed by atoms with E-state index in [0.717, 1.165) is 41.1 Å². The van der Waals surface area contributed by atoms with E-state index in [1.54, 1.807) is 7.11 Å². The van der Waals surface area contributed by atoms with Crippen LogP contribution in [0.3, 0.4) is 0 Å². The SMILES string of the molecule is COc1ccc(CN(C(=O)CCn2c(-c3cccc(C)c3)n[nH]c2=S)C2CC2)cc1. The van der Waals surface area contributed by atoms with E-state index in [1.807, 2.05) is 58.9 Å². The smallest absolute Gasteiger partial charge is 0.224 e. The summed E-state index contributed by atoms with van der Waals surface area (Å²) >= 11 is 5.42. The van der Waals surface area contributed by atoms with Crippen molar-refractivity contribution in [3.63, 3.8) is 0 Å². The molecule has 30 heavy (non-hydrogen) atoms. The zero-order chi connectivity index (χ0) is 21.1. The summed E-state index contributed by atoms with van der Waals surface area (Å²) in [5, 5.41) is 7.26. The number of ether oxygens (including phenoxy) is 1. The maximum atomic E-state index is 13.1. The first kappa shape index (κ1) is 20.3. The Labute approximate surface area is 181 Å². The third-order valence-electron chi connectivity index (χ3n) is 5.40. The standard InChI is InChI=1S/C23H26N4O2S/c1-16-4-3-5-18(14-16)22-24-25-23(30)26(22)13-12-21(28)27(19-8-9-19)15-17-6-10-20(29-2)11-7-17/h3-7,10-11,14,19H,8-9,12-13,15H2,1-2H3,(H,25,30). The van der Waals surface area contributed by atoms with Crippen LogP contribution in [-0.4, -0.2) is 38.7 Å². The lowest BCUT2D eigenvalue weighted by Gasteiger charge is -2.23. The number of aromatic amines is 1. The normalized spacial score (nSPS) is 13.3. The van der Waals surface area contributed by atoms with E-state index in [1.165, 1.54) is 0 Å². The molecule has 0 spiro atoms. The maximum absolute atomic E-state index is 13.1. The summed E-state index contributed by atoms with van der Waals surface area (Å²) in [5.74, 6) is 1.73. The molecule has 6 nitrogen and oxygen atoms in total. The topological polar surface area (TPSA) is 63.1 Å². The number of methoxy groups -OCH3 is 1. The first-order valence-corrected chi connectivity index (χ1v) is 10.6. The van der Waals surface area contributed by atoms with Crippen LogP contribution in [0.4, 0.5) is 0 Å². The third-order valence-corrected chi connectivity index (χ3v) is 5.72. The van der Waals surface area contributed by atoms with Crippen LogP contribution < -0.4 is 4.74 Å². The first-order valence-electron chi connectivity index (χ1n) is 10.2. The zero-order valence-corrected chi connectivity index (χ0v) is 18.1. The van der Waals surface area contributed by atoms with Gasteiger partial charge in [-0.25, -0.2) is 0 Å². The number of carbonyl (C=O) groups excluding carboxylic acids is 1. The minimum Gasteiger partial charge on any atom is -0.497 e. The second-order valence-corrected chi connectivity index (χ2v) is 8.11. The Bertz CT molecular complexity index is 1080. The average Bonchev–Trinajstić information content (AvgIpc) is 3.53. The summed E-state index contributed by atoms with van der Waals surface area (Å²) in [4.78, 5) is 15.1. The monoisotopic (exact) mass is 422 g/mol. The van der Waals surface area contributed by atoms with E-state index in [-0.39, 0.29) is 5.91 Å². The highest BCUT2D eigenvalue weighted by Crippen LogP contribution is 2.29. The van der Waals surface area contributed by atoms with Crippen molar-refractivity contribution < 1.29 is 9.53 Å². The zero-order valence-electron chi connectivity index (χ0n) is 17.3. The van der Waals surface area contributed by atoms with Crippen LogP contribution in [0.5, 0.6) is 5.75 Å². The van der Waals surface area contributed by atoms with Crippen molar-refractivity contribution >= 4 is 18.1 Å². The Morgan fingerprint density at radius 2 is 2.03 bits per heavy atom. The molecule has 1 heterocycles. The number of hydrogen-bond acceptors (Lipinski definition) is 4. The van der Waals surface area contributed by atoms with Gasteiger partial charge in [0.1, 0.15) is 5.75 Å². The second kappa shape index (κ2) is 8.83. The lowest BCUT2D eigenvalue weighted by atomic mass is 10.1. The van der Waals surface area contributed by atoms with Crippen molar-refractivity contribution in [2.45, 2.75) is 45.3 Å². The molecule has 0 radical (unpaired) electrons. The Morgan fingerprint density at radius 3 is 2.70 bits per heavy atom. The van der Waals surface area contributed by atoms with E-state index in [2.05, 4.69) is 16.3 Å². The largest absolute Gasteiger partial charge is 0.497 e. The highest BCUT2D eigenvalue weighted by Gasteiger charge is 2.32. The van der Waals surface area contributed by atoms with Gasteiger partial charge in [-0.1, -0.05) is 35.9 Å². The fraction of sp³-hybridized carbons (Fsp3) is 0.348. The van der Waals surface area contributed by atoms with E-state index in [0.29, 0.717) is 30.3 Å². The summed E-state index contributed by atoms with van der Waals surface area (Å²) in [5.41, 5.74) is 3.26. The van der Waals surface area contributed by atoms with E-state index in [4.69, 9.17) is 17.0 Å². The minimum atomic E-state index is 0.145. The molecule has 1 N–H and O–H groups in total. The Morgan fingerprint density at radius 1 is 1.27 bits per heavy atom. The predicted octanol–water partition coefficient (Wildman–Crippen LogP) is 4.51. The minimum absolute atomic E-state index is 0.145. The van der Waals surface area contributed by atoms with Gasteiger partial charge < -0.3 is 9.64 Å². The summed E-state index contributed by atoms with van der Waals surface area (Å²) < 4.78 is 7.68. The Kier molecular flexibility index (Phi) is 5.99. The molecule has 0 aliphatic heterocycles. The number of aryl methyl sites for hydroxylation is 1. The van der Waals surface area contributed by atoms with Gasteiger partial charge in [0.05, 0.1) is 7.11 Å². The van der Waals surface area contributed by atoms with Gasteiger partial charge in [-0.05, 0) is 55.7 Å². The Hall–Kier alpha value is -2.93. The van der Waals surface area contributed by atoms with Gasteiger partial charge in [-0.2, -0.15) is 5.10 Å². The van der Waals surface area contributed by atoms with Gasteiger partial charge in [0.15, 0.2) is 10.6 Å². The number of aromatic nitrogens is 3. The fourth-order valence-corrected chi connectivity index (χ4v) is 3.84. The van der Waals surface area contributed by atoms with Crippen molar-refractivity contribution in [2.24, 2.45) is 0 Å². The quantitative estimate of drug-likeness (QED) is 0.543. The van der Waals surface area contributed by atoms with Crippen molar-refractivity contribution in [1.29, 1.82) is 0 Å². The Balaban J connectivity index is 1.47. The molecule has 1 saturated carbocycles. The second-order valence-electron chi connectivity index (χ2n) is 7.72. The van der Waals surface area contributed by atoms with Gasteiger partial charge in [-0.3, -0.25) is 14.5 Å². The first-order chi connectivity index (χ1) is 14.5. The van der Waals surface area contributed by atoms with Crippen LogP contribution in [0.15, 0.2) is 48.5 Å². The number of amides is 1. The lowest BCUT2D eigenvalue weighted by Crippen LogP contribution is -2.33. The average molecular weight is 423 g/mol. The van der Waals surface area contributed by atoms with Crippen molar-refractivity contribution in [2.75, 3.05) is 7.11 Å². The number of H-pyrrole nitrogens is 1. The molecule has 7 heteroatoms.